The molecule has 3 rings (SSSR count). The van der Waals surface area contributed by atoms with E-state index < -0.39 is 0 Å². The van der Waals surface area contributed by atoms with E-state index in [4.69, 9.17) is 10.2 Å². The van der Waals surface area contributed by atoms with Crippen molar-refractivity contribution in [3.05, 3.63) is 42.2 Å². The van der Waals surface area contributed by atoms with Gasteiger partial charge in [0.1, 0.15) is 5.82 Å². The lowest BCUT2D eigenvalue weighted by atomic mass is 9.96. The predicted octanol–water partition coefficient (Wildman–Crippen LogP) is 2.18. The Hall–Kier alpha value is -2.21. The van der Waals surface area contributed by atoms with Gasteiger partial charge in [-0.3, -0.25) is 9.69 Å². The zero-order valence-corrected chi connectivity index (χ0v) is 12.2. The van der Waals surface area contributed by atoms with Gasteiger partial charge in [0.25, 0.3) is 0 Å². The molecule has 2 aromatic rings. The third kappa shape index (κ3) is 3.33. The molecular formula is C16H18FN3O2. The zero-order valence-electron chi connectivity index (χ0n) is 12.2. The molecule has 1 aliphatic rings. The van der Waals surface area contributed by atoms with E-state index in [2.05, 4.69) is 9.88 Å². The van der Waals surface area contributed by atoms with Gasteiger partial charge in [0.2, 0.25) is 11.8 Å². The number of nitrogens with zero attached hydrogens (tertiary/aromatic N) is 2. The number of rotatable bonds is 4. The Labute approximate surface area is 127 Å². The van der Waals surface area contributed by atoms with Crippen molar-refractivity contribution in [3.8, 4) is 11.3 Å². The maximum Gasteiger partial charge on any atom is 0.220 e. The number of nitrogens with two attached hydrogens (primary N) is 1. The molecule has 116 valence electrons. The van der Waals surface area contributed by atoms with E-state index in [0.717, 1.165) is 31.5 Å². The Kier molecular flexibility index (Phi) is 4.20. The van der Waals surface area contributed by atoms with Crippen LogP contribution >= 0.6 is 0 Å². The molecule has 2 N–H and O–H groups in total. The van der Waals surface area contributed by atoms with E-state index in [9.17, 15) is 9.18 Å². The molecule has 5 nitrogen and oxygen atoms in total. The van der Waals surface area contributed by atoms with Crippen LogP contribution in [0.5, 0.6) is 0 Å². The lowest BCUT2D eigenvalue weighted by Crippen LogP contribution is -2.38. The molecule has 0 saturated carbocycles. The molecule has 1 fully saturated rings. The number of hydrogen-bond donors (Lipinski definition) is 1. The van der Waals surface area contributed by atoms with Gasteiger partial charge in [-0.1, -0.05) is 0 Å². The molecule has 6 heteroatoms. The fraction of sp³-hybridized carbons (Fsp3) is 0.375. The summed E-state index contributed by atoms with van der Waals surface area (Å²) in [7, 11) is 0. The monoisotopic (exact) mass is 303 g/mol. The Balaban J connectivity index is 1.60. The summed E-state index contributed by atoms with van der Waals surface area (Å²) >= 11 is 0. The van der Waals surface area contributed by atoms with Gasteiger partial charge < -0.3 is 10.2 Å². The standard InChI is InChI=1S/C16H18FN3O2/c17-13-3-1-11(2-4-13)14-9-19-15(22-14)10-20-7-5-12(6-8-20)16(18)21/h1-4,9,12H,5-8,10H2,(H2,18,21). The molecule has 0 aliphatic carbocycles. The summed E-state index contributed by atoms with van der Waals surface area (Å²) in [6, 6.07) is 6.12. The van der Waals surface area contributed by atoms with E-state index in [-0.39, 0.29) is 17.6 Å². The SMILES string of the molecule is NC(=O)C1CCN(Cc2ncc(-c3ccc(F)cc3)o2)CC1. The third-order valence-electron chi connectivity index (χ3n) is 4.03. The molecule has 0 atom stereocenters. The number of oxazole rings is 1. The molecule has 0 spiro atoms. The van der Waals surface area contributed by atoms with Crippen molar-refractivity contribution in [1.82, 2.24) is 9.88 Å². The fourth-order valence-corrected chi connectivity index (χ4v) is 2.70. The highest BCUT2D eigenvalue weighted by Crippen LogP contribution is 2.23. The van der Waals surface area contributed by atoms with E-state index in [1.165, 1.54) is 12.1 Å². The molecule has 1 amide bonds. The highest BCUT2D eigenvalue weighted by atomic mass is 19.1. The van der Waals surface area contributed by atoms with Crippen molar-refractivity contribution in [1.29, 1.82) is 0 Å². The normalized spacial score (nSPS) is 16.8. The van der Waals surface area contributed by atoms with Gasteiger partial charge in [-0.15, -0.1) is 0 Å². The van der Waals surface area contributed by atoms with E-state index in [1.807, 2.05) is 0 Å². The number of carbonyl (C=O) groups is 1. The lowest BCUT2D eigenvalue weighted by molar-refractivity contribution is -0.123. The Bertz CT molecular complexity index is 646. The number of hydrogen-bond acceptors (Lipinski definition) is 4. The molecule has 2 heterocycles. The van der Waals surface area contributed by atoms with Crippen LogP contribution in [0.2, 0.25) is 0 Å². The minimum Gasteiger partial charge on any atom is -0.439 e. The van der Waals surface area contributed by atoms with Gasteiger partial charge in [0.15, 0.2) is 5.76 Å². The summed E-state index contributed by atoms with van der Waals surface area (Å²) in [5, 5.41) is 0. The van der Waals surface area contributed by atoms with Gasteiger partial charge in [0.05, 0.1) is 12.7 Å². The maximum absolute atomic E-state index is 12.9. The van der Waals surface area contributed by atoms with Crippen molar-refractivity contribution in [2.45, 2.75) is 19.4 Å². The Morgan fingerprint density at radius 3 is 2.64 bits per heavy atom. The van der Waals surface area contributed by atoms with Crippen LogP contribution in [0.4, 0.5) is 4.39 Å². The van der Waals surface area contributed by atoms with E-state index >= 15 is 0 Å². The van der Waals surface area contributed by atoms with Crippen molar-refractivity contribution in [2.75, 3.05) is 13.1 Å². The fourth-order valence-electron chi connectivity index (χ4n) is 2.70. The summed E-state index contributed by atoms with van der Waals surface area (Å²) in [6.07, 6.45) is 3.21. The number of benzene rings is 1. The van der Waals surface area contributed by atoms with Crippen LogP contribution in [0, 0.1) is 11.7 Å². The third-order valence-corrected chi connectivity index (χ3v) is 4.03. The van der Waals surface area contributed by atoms with Crippen LogP contribution in [-0.2, 0) is 11.3 Å². The number of carbonyl (C=O) groups excluding carboxylic acids is 1. The Morgan fingerprint density at radius 1 is 1.32 bits per heavy atom. The predicted molar refractivity (Wildman–Crippen MR) is 79.1 cm³/mol. The topological polar surface area (TPSA) is 72.4 Å². The molecular weight excluding hydrogens is 285 g/mol. The van der Waals surface area contributed by atoms with Gasteiger partial charge in [-0.2, -0.15) is 0 Å². The smallest absolute Gasteiger partial charge is 0.220 e. The first-order chi connectivity index (χ1) is 10.6. The summed E-state index contributed by atoms with van der Waals surface area (Å²) in [6.45, 7) is 2.22. The summed E-state index contributed by atoms with van der Waals surface area (Å²) in [5.74, 6) is 0.740. The first-order valence-electron chi connectivity index (χ1n) is 7.34. The molecule has 0 bridgehead atoms. The average Bonchev–Trinajstić information content (AvgIpc) is 2.97. The van der Waals surface area contributed by atoms with Crippen LogP contribution in [0.1, 0.15) is 18.7 Å². The summed E-state index contributed by atoms with van der Waals surface area (Å²) in [4.78, 5) is 17.6. The number of halogens is 1. The quantitative estimate of drug-likeness (QED) is 0.939. The second kappa shape index (κ2) is 6.27. The minimum absolute atomic E-state index is 0.0180. The number of likely N-dealkylation sites (tertiary alicyclic amines) is 1. The van der Waals surface area contributed by atoms with Gasteiger partial charge in [0, 0.05) is 11.5 Å². The van der Waals surface area contributed by atoms with Gasteiger partial charge in [-0.25, -0.2) is 9.37 Å². The molecule has 1 aromatic carbocycles. The largest absolute Gasteiger partial charge is 0.439 e. The van der Waals surface area contributed by atoms with Crippen LogP contribution < -0.4 is 5.73 Å². The minimum atomic E-state index is -0.277. The first kappa shape index (κ1) is 14.7. The van der Waals surface area contributed by atoms with Crippen molar-refractivity contribution in [3.63, 3.8) is 0 Å². The molecule has 1 aliphatic heterocycles. The van der Waals surface area contributed by atoms with Crippen LogP contribution in [0.25, 0.3) is 11.3 Å². The lowest BCUT2D eigenvalue weighted by Gasteiger charge is -2.29. The van der Waals surface area contributed by atoms with E-state index in [0.29, 0.717) is 18.2 Å². The number of primary amides is 1. The second-order valence-electron chi connectivity index (χ2n) is 5.58. The molecule has 1 aromatic heterocycles. The number of amides is 1. The van der Waals surface area contributed by atoms with Gasteiger partial charge >= 0.3 is 0 Å². The van der Waals surface area contributed by atoms with Crippen LogP contribution in [-0.4, -0.2) is 28.9 Å². The summed E-state index contributed by atoms with van der Waals surface area (Å²) in [5.41, 5.74) is 6.13. The van der Waals surface area contributed by atoms with Crippen LogP contribution in [0.15, 0.2) is 34.9 Å². The Morgan fingerprint density at radius 2 is 2.00 bits per heavy atom. The summed E-state index contributed by atoms with van der Waals surface area (Å²) < 4.78 is 18.6. The van der Waals surface area contributed by atoms with Gasteiger partial charge in [-0.05, 0) is 50.2 Å². The highest BCUT2D eigenvalue weighted by Gasteiger charge is 2.23. The van der Waals surface area contributed by atoms with E-state index in [1.54, 1.807) is 18.3 Å². The molecule has 22 heavy (non-hydrogen) atoms. The zero-order chi connectivity index (χ0) is 15.5. The number of piperidine rings is 1. The van der Waals surface area contributed by atoms with Crippen molar-refractivity contribution < 1.29 is 13.6 Å². The maximum atomic E-state index is 12.9. The highest BCUT2D eigenvalue weighted by molar-refractivity contribution is 5.76. The average molecular weight is 303 g/mol. The molecule has 1 saturated heterocycles. The second-order valence-corrected chi connectivity index (χ2v) is 5.58. The van der Waals surface area contributed by atoms with Crippen LogP contribution in [0.3, 0.4) is 0 Å². The number of aromatic nitrogens is 1. The molecule has 0 radical (unpaired) electrons. The molecule has 0 unspecified atom stereocenters. The first-order valence-corrected chi connectivity index (χ1v) is 7.34. The van der Waals surface area contributed by atoms with Crippen molar-refractivity contribution >= 4 is 5.91 Å². The van der Waals surface area contributed by atoms with Crippen molar-refractivity contribution in [2.24, 2.45) is 11.7 Å².